The Kier molecular flexibility index (Phi) is 4.97. The zero-order chi connectivity index (χ0) is 18.9. The van der Waals surface area contributed by atoms with Gasteiger partial charge in [-0.1, -0.05) is 6.07 Å². The van der Waals surface area contributed by atoms with Crippen molar-refractivity contribution in [3.05, 3.63) is 41.5 Å². The molecule has 2 N–H and O–H groups in total. The Bertz CT molecular complexity index is 935. The fourth-order valence-corrected chi connectivity index (χ4v) is 3.88. The first-order valence-corrected chi connectivity index (χ1v) is 9.45. The predicted octanol–water partition coefficient (Wildman–Crippen LogP) is 2.18. The number of nitrogens with zero attached hydrogens (tertiary/aromatic N) is 2. The van der Waals surface area contributed by atoms with Gasteiger partial charge < -0.3 is 9.84 Å². The molecule has 0 atom stereocenters. The first-order valence-electron chi connectivity index (χ1n) is 7.96. The fraction of sp³-hybridized carbons (Fsp3) is 0.375. The van der Waals surface area contributed by atoms with E-state index in [1.165, 1.54) is 19.2 Å². The zero-order valence-corrected chi connectivity index (χ0v) is 14.8. The summed E-state index contributed by atoms with van der Waals surface area (Å²) in [5.41, 5.74) is -0.767. The molecule has 8 nitrogen and oxygen atoms in total. The van der Waals surface area contributed by atoms with Gasteiger partial charge >= 0.3 is 5.97 Å². The molecule has 0 bridgehead atoms. The number of aromatic nitrogens is 2. The maximum atomic E-state index is 14.1. The number of aromatic carboxylic acids is 1. The van der Waals surface area contributed by atoms with Crippen LogP contribution in [-0.2, 0) is 14.8 Å². The minimum Gasteiger partial charge on any atom is -0.478 e. The van der Waals surface area contributed by atoms with Crippen molar-refractivity contribution in [2.45, 2.75) is 30.7 Å². The van der Waals surface area contributed by atoms with Crippen molar-refractivity contribution in [3.63, 3.8) is 0 Å². The lowest BCUT2D eigenvalue weighted by Gasteiger charge is -2.22. The summed E-state index contributed by atoms with van der Waals surface area (Å²) in [5, 5.41) is 13.4. The van der Waals surface area contributed by atoms with Crippen LogP contribution in [0.25, 0.3) is 0 Å². The maximum absolute atomic E-state index is 14.1. The van der Waals surface area contributed by atoms with E-state index in [1.807, 2.05) is 4.72 Å². The highest BCUT2D eigenvalue weighted by molar-refractivity contribution is 7.92. The number of carboxylic acids is 1. The van der Waals surface area contributed by atoms with Gasteiger partial charge in [0.05, 0.1) is 23.5 Å². The third-order valence-electron chi connectivity index (χ3n) is 4.27. The Balaban J connectivity index is 1.92. The molecule has 1 aromatic heterocycles. The molecule has 1 aromatic carbocycles. The molecule has 2 heterocycles. The van der Waals surface area contributed by atoms with E-state index in [1.54, 1.807) is 4.68 Å². The second kappa shape index (κ2) is 7.04. The van der Waals surface area contributed by atoms with Crippen molar-refractivity contribution in [2.24, 2.45) is 0 Å². The predicted molar refractivity (Wildman–Crippen MR) is 90.2 cm³/mol. The zero-order valence-electron chi connectivity index (χ0n) is 14.0. The molecular formula is C16H18FN3O5S. The number of benzene rings is 1. The smallest absolute Gasteiger partial charge is 0.338 e. The van der Waals surface area contributed by atoms with Crippen molar-refractivity contribution in [2.75, 3.05) is 17.9 Å². The average molecular weight is 383 g/mol. The van der Waals surface area contributed by atoms with Crippen molar-refractivity contribution in [1.82, 2.24) is 9.78 Å². The number of nitrogens with one attached hydrogen (secondary N) is 1. The summed E-state index contributed by atoms with van der Waals surface area (Å²) < 4.78 is 48.1. The van der Waals surface area contributed by atoms with Gasteiger partial charge in [-0.3, -0.25) is 9.40 Å². The van der Waals surface area contributed by atoms with E-state index in [-0.39, 0.29) is 16.5 Å². The van der Waals surface area contributed by atoms with Crippen molar-refractivity contribution in [3.8, 4) is 0 Å². The molecular weight excluding hydrogens is 365 g/mol. The molecule has 0 aliphatic carbocycles. The standard InChI is InChI=1S/C16H18FN3O5S/c1-10-2-3-13(17)15(14(10)16(21)22)19-26(23,24)12-8-18-20(9-12)11-4-6-25-7-5-11/h2-3,8-9,11,19H,4-7H2,1H3,(H,21,22). The number of hydrogen-bond donors (Lipinski definition) is 2. The van der Waals surface area contributed by atoms with Crippen LogP contribution in [0.5, 0.6) is 0 Å². The number of hydrogen-bond acceptors (Lipinski definition) is 5. The molecule has 3 rings (SSSR count). The van der Waals surface area contributed by atoms with Crippen LogP contribution < -0.4 is 4.72 Å². The molecule has 2 aromatic rings. The lowest BCUT2D eigenvalue weighted by atomic mass is 10.1. The Labute approximate surface area is 149 Å². The monoisotopic (exact) mass is 383 g/mol. The van der Waals surface area contributed by atoms with Crippen LogP contribution in [-0.4, -0.2) is 42.5 Å². The lowest BCUT2D eigenvalue weighted by molar-refractivity contribution is 0.0661. The maximum Gasteiger partial charge on any atom is 0.338 e. The van der Waals surface area contributed by atoms with Crippen LogP contribution in [0.1, 0.15) is 34.8 Å². The van der Waals surface area contributed by atoms with E-state index in [0.717, 1.165) is 12.3 Å². The van der Waals surface area contributed by atoms with Crippen molar-refractivity contribution >= 4 is 21.7 Å². The van der Waals surface area contributed by atoms with Crippen LogP contribution >= 0.6 is 0 Å². The number of aryl methyl sites for hydroxylation is 1. The quantitative estimate of drug-likeness (QED) is 0.819. The van der Waals surface area contributed by atoms with Crippen LogP contribution in [0.2, 0.25) is 0 Å². The van der Waals surface area contributed by atoms with Gasteiger partial charge in [0.2, 0.25) is 0 Å². The molecule has 0 saturated carbocycles. The highest BCUT2D eigenvalue weighted by Crippen LogP contribution is 2.27. The molecule has 0 unspecified atom stereocenters. The largest absolute Gasteiger partial charge is 0.478 e. The minimum atomic E-state index is -4.19. The SMILES string of the molecule is Cc1ccc(F)c(NS(=O)(=O)c2cnn(C3CCOCC3)c2)c1C(=O)O. The Morgan fingerprint density at radius 3 is 2.73 bits per heavy atom. The molecule has 1 aliphatic heterocycles. The number of carbonyl (C=O) groups is 1. The summed E-state index contributed by atoms with van der Waals surface area (Å²) in [4.78, 5) is 11.2. The van der Waals surface area contributed by atoms with E-state index in [2.05, 4.69) is 5.10 Å². The number of anilines is 1. The summed E-state index contributed by atoms with van der Waals surface area (Å²) in [5.74, 6) is -2.38. The van der Waals surface area contributed by atoms with E-state index in [4.69, 9.17) is 4.74 Å². The molecule has 26 heavy (non-hydrogen) atoms. The van der Waals surface area contributed by atoms with E-state index in [0.29, 0.717) is 26.1 Å². The van der Waals surface area contributed by atoms with Gasteiger partial charge in [-0.25, -0.2) is 17.6 Å². The first-order chi connectivity index (χ1) is 12.3. The van der Waals surface area contributed by atoms with Gasteiger partial charge in [-0.2, -0.15) is 5.10 Å². The van der Waals surface area contributed by atoms with E-state index in [9.17, 15) is 22.7 Å². The Hall–Kier alpha value is -2.46. The molecule has 140 valence electrons. The Morgan fingerprint density at radius 2 is 2.08 bits per heavy atom. The molecule has 0 amide bonds. The average Bonchev–Trinajstić information content (AvgIpc) is 3.09. The van der Waals surface area contributed by atoms with Gasteiger partial charge in [0.1, 0.15) is 10.7 Å². The summed E-state index contributed by atoms with van der Waals surface area (Å²) in [6.45, 7) is 2.60. The topological polar surface area (TPSA) is 111 Å². The van der Waals surface area contributed by atoms with Gasteiger partial charge in [0, 0.05) is 19.4 Å². The van der Waals surface area contributed by atoms with Crippen LogP contribution in [0, 0.1) is 12.7 Å². The Morgan fingerprint density at radius 1 is 1.38 bits per heavy atom. The molecule has 0 radical (unpaired) electrons. The van der Waals surface area contributed by atoms with Gasteiger partial charge in [-0.05, 0) is 31.4 Å². The highest BCUT2D eigenvalue weighted by Gasteiger charge is 2.25. The lowest BCUT2D eigenvalue weighted by Crippen LogP contribution is -2.20. The van der Waals surface area contributed by atoms with Crippen molar-refractivity contribution < 1.29 is 27.4 Å². The third-order valence-corrected chi connectivity index (χ3v) is 5.57. The number of rotatable bonds is 5. The molecule has 10 heteroatoms. The number of carboxylic acid groups (broad SMARTS) is 1. The fourth-order valence-electron chi connectivity index (χ4n) is 2.86. The van der Waals surface area contributed by atoms with Gasteiger partial charge in [0.15, 0.2) is 0 Å². The molecule has 1 saturated heterocycles. The summed E-state index contributed by atoms with van der Waals surface area (Å²) in [7, 11) is -4.19. The second-order valence-corrected chi connectivity index (χ2v) is 7.71. The number of halogens is 1. The molecule has 0 spiro atoms. The van der Waals surface area contributed by atoms with E-state index < -0.39 is 33.1 Å². The van der Waals surface area contributed by atoms with Crippen LogP contribution in [0.15, 0.2) is 29.4 Å². The van der Waals surface area contributed by atoms with Crippen LogP contribution in [0.3, 0.4) is 0 Å². The van der Waals surface area contributed by atoms with Crippen molar-refractivity contribution in [1.29, 1.82) is 0 Å². The second-order valence-electron chi connectivity index (χ2n) is 6.02. The highest BCUT2D eigenvalue weighted by atomic mass is 32.2. The van der Waals surface area contributed by atoms with E-state index >= 15 is 0 Å². The normalized spacial score (nSPS) is 15.8. The third kappa shape index (κ3) is 3.56. The van der Waals surface area contributed by atoms with Gasteiger partial charge in [0.25, 0.3) is 10.0 Å². The van der Waals surface area contributed by atoms with Crippen LogP contribution in [0.4, 0.5) is 10.1 Å². The number of sulfonamides is 1. The summed E-state index contributed by atoms with van der Waals surface area (Å²) in [6, 6.07) is 2.32. The molecule has 1 fully saturated rings. The minimum absolute atomic E-state index is 0.0259. The number of ether oxygens (including phenoxy) is 1. The summed E-state index contributed by atoms with van der Waals surface area (Å²) in [6.07, 6.45) is 3.94. The first kappa shape index (κ1) is 18.3. The summed E-state index contributed by atoms with van der Waals surface area (Å²) >= 11 is 0. The molecule has 1 aliphatic rings. The van der Waals surface area contributed by atoms with Gasteiger partial charge in [-0.15, -0.1) is 0 Å².